The highest BCUT2D eigenvalue weighted by Gasteiger charge is 2.15. The summed E-state index contributed by atoms with van der Waals surface area (Å²) < 4.78 is 0. The second kappa shape index (κ2) is 5.50. The largest absolute Gasteiger partial charge is 0.348 e. The van der Waals surface area contributed by atoms with Crippen molar-refractivity contribution in [3.05, 3.63) is 0 Å². The van der Waals surface area contributed by atoms with Gasteiger partial charge in [0, 0.05) is 25.9 Å². The van der Waals surface area contributed by atoms with E-state index in [9.17, 15) is 4.79 Å². The van der Waals surface area contributed by atoms with Gasteiger partial charge in [-0.15, -0.1) is 0 Å². The molecule has 1 aliphatic heterocycles. The van der Waals surface area contributed by atoms with Gasteiger partial charge in [0.25, 0.3) is 0 Å². The molecule has 0 bridgehead atoms. The molecule has 1 rings (SSSR count). The maximum Gasteiger partial charge on any atom is 0.236 e. The average Bonchev–Trinajstić information content (AvgIpc) is 2.56. The summed E-state index contributed by atoms with van der Waals surface area (Å²) in [6, 6.07) is 0. The van der Waals surface area contributed by atoms with Gasteiger partial charge in [0.1, 0.15) is 0 Å². The van der Waals surface area contributed by atoms with Crippen molar-refractivity contribution in [2.24, 2.45) is 0 Å². The zero-order chi connectivity index (χ0) is 9.68. The van der Waals surface area contributed by atoms with Gasteiger partial charge < -0.3 is 10.2 Å². The van der Waals surface area contributed by atoms with E-state index in [1.54, 1.807) is 19.0 Å². The lowest BCUT2D eigenvalue weighted by molar-refractivity contribution is -0.127. The molecule has 0 spiro atoms. The summed E-state index contributed by atoms with van der Waals surface area (Å²) in [5.41, 5.74) is 0. The fourth-order valence-electron chi connectivity index (χ4n) is 1.30. The van der Waals surface area contributed by atoms with Gasteiger partial charge in [0.15, 0.2) is 0 Å². The van der Waals surface area contributed by atoms with Gasteiger partial charge >= 0.3 is 0 Å². The lowest BCUT2D eigenvalue weighted by Crippen LogP contribution is -2.35. The smallest absolute Gasteiger partial charge is 0.236 e. The SMILES string of the molecule is CN(C)C(=O)CNCC1CCCS1. The van der Waals surface area contributed by atoms with Crippen LogP contribution in [0.25, 0.3) is 0 Å². The van der Waals surface area contributed by atoms with E-state index in [0.717, 1.165) is 11.8 Å². The van der Waals surface area contributed by atoms with E-state index in [1.807, 2.05) is 11.8 Å². The van der Waals surface area contributed by atoms with Crippen molar-refractivity contribution in [2.75, 3.05) is 32.9 Å². The van der Waals surface area contributed by atoms with Gasteiger partial charge in [0.2, 0.25) is 5.91 Å². The molecule has 0 aliphatic carbocycles. The van der Waals surface area contributed by atoms with Crippen LogP contribution in [0.5, 0.6) is 0 Å². The second-order valence-electron chi connectivity index (χ2n) is 3.55. The van der Waals surface area contributed by atoms with Crippen LogP contribution in [0.4, 0.5) is 0 Å². The molecule has 0 saturated carbocycles. The van der Waals surface area contributed by atoms with Gasteiger partial charge in [-0.1, -0.05) is 0 Å². The molecule has 1 amide bonds. The molecule has 0 aromatic rings. The molecular formula is C9H18N2OS. The minimum Gasteiger partial charge on any atom is -0.348 e. The van der Waals surface area contributed by atoms with E-state index in [2.05, 4.69) is 5.32 Å². The quantitative estimate of drug-likeness (QED) is 0.723. The van der Waals surface area contributed by atoms with Crippen molar-refractivity contribution in [3.63, 3.8) is 0 Å². The van der Waals surface area contributed by atoms with Crippen molar-refractivity contribution >= 4 is 17.7 Å². The summed E-state index contributed by atoms with van der Waals surface area (Å²) in [7, 11) is 3.57. The fraction of sp³-hybridized carbons (Fsp3) is 0.889. The average molecular weight is 202 g/mol. The fourth-order valence-corrected chi connectivity index (χ4v) is 2.54. The highest BCUT2D eigenvalue weighted by atomic mass is 32.2. The Morgan fingerprint density at radius 3 is 2.92 bits per heavy atom. The van der Waals surface area contributed by atoms with Gasteiger partial charge in [-0.2, -0.15) is 11.8 Å². The molecule has 76 valence electrons. The molecule has 1 unspecified atom stereocenters. The third kappa shape index (κ3) is 4.00. The van der Waals surface area contributed by atoms with Crippen LogP contribution in [0.2, 0.25) is 0 Å². The Morgan fingerprint density at radius 1 is 1.62 bits per heavy atom. The first-order valence-electron chi connectivity index (χ1n) is 4.72. The summed E-state index contributed by atoms with van der Waals surface area (Å²) in [5.74, 6) is 1.44. The van der Waals surface area contributed by atoms with E-state index in [1.165, 1.54) is 18.6 Å². The van der Waals surface area contributed by atoms with Gasteiger partial charge in [-0.25, -0.2) is 0 Å². The van der Waals surface area contributed by atoms with E-state index >= 15 is 0 Å². The number of hydrogen-bond donors (Lipinski definition) is 1. The number of hydrogen-bond acceptors (Lipinski definition) is 3. The summed E-state index contributed by atoms with van der Waals surface area (Å²) in [6.45, 7) is 1.45. The predicted octanol–water partition coefficient (Wildman–Crippen LogP) is 0.560. The minimum atomic E-state index is 0.156. The van der Waals surface area contributed by atoms with Crippen LogP contribution in [-0.4, -0.2) is 49.0 Å². The van der Waals surface area contributed by atoms with Gasteiger partial charge in [-0.05, 0) is 18.6 Å². The van der Waals surface area contributed by atoms with Crippen LogP contribution in [0.3, 0.4) is 0 Å². The number of rotatable bonds is 4. The number of likely N-dealkylation sites (N-methyl/N-ethyl adjacent to an activating group) is 1. The van der Waals surface area contributed by atoms with Crippen LogP contribution in [0.15, 0.2) is 0 Å². The Labute approximate surface area is 84.2 Å². The van der Waals surface area contributed by atoms with Crippen molar-refractivity contribution in [3.8, 4) is 0 Å². The lowest BCUT2D eigenvalue weighted by atomic mass is 10.2. The first-order chi connectivity index (χ1) is 6.20. The first-order valence-corrected chi connectivity index (χ1v) is 5.77. The van der Waals surface area contributed by atoms with Crippen LogP contribution in [0.1, 0.15) is 12.8 Å². The molecule has 1 fully saturated rings. The number of carbonyl (C=O) groups is 1. The molecule has 1 N–H and O–H groups in total. The molecule has 1 heterocycles. The van der Waals surface area contributed by atoms with Crippen molar-refractivity contribution in [1.29, 1.82) is 0 Å². The highest BCUT2D eigenvalue weighted by Crippen LogP contribution is 2.24. The van der Waals surface area contributed by atoms with Crippen molar-refractivity contribution < 1.29 is 4.79 Å². The number of nitrogens with one attached hydrogen (secondary N) is 1. The maximum absolute atomic E-state index is 11.2. The Hall–Kier alpha value is -0.220. The maximum atomic E-state index is 11.2. The van der Waals surface area contributed by atoms with Crippen LogP contribution < -0.4 is 5.32 Å². The molecule has 0 radical (unpaired) electrons. The van der Waals surface area contributed by atoms with E-state index in [4.69, 9.17) is 0 Å². The van der Waals surface area contributed by atoms with E-state index < -0.39 is 0 Å². The number of amides is 1. The molecule has 1 atom stereocenters. The lowest BCUT2D eigenvalue weighted by Gasteiger charge is -2.13. The highest BCUT2D eigenvalue weighted by molar-refractivity contribution is 8.00. The van der Waals surface area contributed by atoms with Crippen molar-refractivity contribution in [2.45, 2.75) is 18.1 Å². The Bertz CT molecular complexity index is 167. The van der Waals surface area contributed by atoms with Gasteiger partial charge in [0.05, 0.1) is 6.54 Å². The Morgan fingerprint density at radius 2 is 2.38 bits per heavy atom. The molecular weight excluding hydrogens is 184 g/mol. The van der Waals surface area contributed by atoms with E-state index in [0.29, 0.717) is 6.54 Å². The summed E-state index contributed by atoms with van der Waals surface area (Å²) in [4.78, 5) is 12.8. The molecule has 0 aromatic heterocycles. The molecule has 1 aliphatic rings. The first kappa shape index (κ1) is 10.9. The summed E-state index contributed by atoms with van der Waals surface area (Å²) in [6.07, 6.45) is 2.63. The molecule has 3 nitrogen and oxygen atoms in total. The number of nitrogens with zero attached hydrogens (tertiary/aromatic N) is 1. The molecule has 1 saturated heterocycles. The molecule has 13 heavy (non-hydrogen) atoms. The monoisotopic (exact) mass is 202 g/mol. The van der Waals surface area contributed by atoms with Crippen LogP contribution >= 0.6 is 11.8 Å². The minimum absolute atomic E-state index is 0.156. The van der Waals surface area contributed by atoms with E-state index in [-0.39, 0.29) is 5.91 Å². The predicted molar refractivity (Wildman–Crippen MR) is 57.0 cm³/mol. The Balaban J connectivity index is 2.03. The zero-order valence-electron chi connectivity index (χ0n) is 8.38. The summed E-state index contributed by atoms with van der Waals surface area (Å²) in [5, 5.41) is 3.93. The second-order valence-corrected chi connectivity index (χ2v) is 4.96. The molecule has 4 heteroatoms. The normalized spacial score (nSPS) is 21.8. The zero-order valence-corrected chi connectivity index (χ0v) is 9.19. The summed E-state index contributed by atoms with van der Waals surface area (Å²) >= 11 is 2.02. The topological polar surface area (TPSA) is 32.3 Å². The van der Waals surface area contributed by atoms with Crippen LogP contribution in [0, 0.1) is 0 Å². The Kier molecular flexibility index (Phi) is 4.59. The van der Waals surface area contributed by atoms with Crippen molar-refractivity contribution in [1.82, 2.24) is 10.2 Å². The van der Waals surface area contributed by atoms with Crippen LogP contribution in [-0.2, 0) is 4.79 Å². The third-order valence-corrected chi connectivity index (χ3v) is 3.57. The third-order valence-electron chi connectivity index (χ3n) is 2.17. The standard InChI is InChI=1S/C9H18N2OS/c1-11(2)9(12)7-10-6-8-4-3-5-13-8/h8,10H,3-7H2,1-2H3. The number of carbonyl (C=O) groups excluding carboxylic acids is 1. The number of thioether (sulfide) groups is 1. The molecule has 0 aromatic carbocycles. The van der Waals surface area contributed by atoms with Gasteiger partial charge in [-0.3, -0.25) is 4.79 Å².